The Kier molecular flexibility index (Phi) is 5.73. The molecule has 0 amide bonds. The third-order valence-corrected chi connectivity index (χ3v) is 2.75. The minimum absolute atomic E-state index is 0.0874. The molecule has 7 nitrogen and oxygen atoms in total. The molecule has 1 aromatic carbocycles. The van der Waals surface area contributed by atoms with E-state index in [1.807, 2.05) is 12.1 Å². The topological polar surface area (TPSA) is 87.3 Å². The summed E-state index contributed by atoms with van der Waals surface area (Å²) in [6, 6.07) is 5.46. The number of hydrogen-bond donors (Lipinski definition) is 2. The monoisotopic (exact) mass is 311 g/mol. The van der Waals surface area contributed by atoms with Gasteiger partial charge in [0.15, 0.2) is 22.9 Å². The summed E-state index contributed by atoms with van der Waals surface area (Å²) in [5.41, 5.74) is 8.52. The Bertz CT molecular complexity index is 518. The van der Waals surface area contributed by atoms with Crippen LogP contribution < -0.4 is 20.6 Å². The number of thiocarbonyl (C=S) groups is 1. The van der Waals surface area contributed by atoms with Crippen molar-refractivity contribution in [3.05, 3.63) is 23.8 Å². The van der Waals surface area contributed by atoms with Crippen LogP contribution in [-0.2, 0) is 9.47 Å². The molecular formula is C13H17N3O4S. The van der Waals surface area contributed by atoms with Crippen LogP contribution in [0.5, 0.6) is 11.5 Å². The van der Waals surface area contributed by atoms with E-state index < -0.39 is 0 Å². The van der Waals surface area contributed by atoms with Crippen molar-refractivity contribution in [2.24, 2.45) is 10.8 Å². The summed E-state index contributed by atoms with van der Waals surface area (Å²) in [4.78, 5) is 0. The van der Waals surface area contributed by atoms with Crippen molar-refractivity contribution in [2.75, 3.05) is 26.9 Å². The zero-order chi connectivity index (χ0) is 15.1. The molecule has 21 heavy (non-hydrogen) atoms. The third-order valence-electron chi connectivity index (χ3n) is 2.66. The molecule has 1 aliphatic heterocycles. The first-order valence-electron chi connectivity index (χ1n) is 6.32. The largest absolute Gasteiger partial charge is 0.493 e. The van der Waals surface area contributed by atoms with Crippen LogP contribution in [0.25, 0.3) is 0 Å². The molecule has 1 aromatic rings. The summed E-state index contributed by atoms with van der Waals surface area (Å²) in [7, 11) is 1.57. The molecule has 0 spiro atoms. The number of hydrazone groups is 1. The van der Waals surface area contributed by atoms with Gasteiger partial charge in [0.1, 0.15) is 6.61 Å². The highest BCUT2D eigenvalue weighted by atomic mass is 32.1. The summed E-state index contributed by atoms with van der Waals surface area (Å²) in [5.74, 6) is 1.14. The average Bonchev–Trinajstić information content (AvgIpc) is 2.98. The lowest BCUT2D eigenvalue weighted by Crippen LogP contribution is -2.24. The quantitative estimate of drug-likeness (QED) is 0.452. The van der Waals surface area contributed by atoms with Gasteiger partial charge in [-0.05, 0) is 24.4 Å². The maximum atomic E-state index is 5.74. The number of para-hydroxylation sites is 1. The second kappa shape index (κ2) is 7.77. The maximum absolute atomic E-state index is 5.74. The fourth-order valence-electron chi connectivity index (χ4n) is 1.77. The fraction of sp³-hybridized carbons (Fsp3) is 0.385. The van der Waals surface area contributed by atoms with E-state index in [9.17, 15) is 0 Å². The molecule has 0 bridgehead atoms. The molecule has 3 N–H and O–H groups in total. The lowest BCUT2D eigenvalue weighted by atomic mass is 10.2. The number of nitrogens with one attached hydrogen (secondary N) is 1. The number of ether oxygens (including phenoxy) is 4. The number of rotatable bonds is 6. The van der Waals surface area contributed by atoms with Gasteiger partial charge in [0.25, 0.3) is 0 Å². The Hall–Kier alpha value is -1.90. The Morgan fingerprint density at radius 3 is 2.95 bits per heavy atom. The highest BCUT2D eigenvalue weighted by Crippen LogP contribution is 2.30. The predicted molar refractivity (Wildman–Crippen MR) is 81.7 cm³/mol. The average molecular weight is 311 g/mol. The van der Waals surface area contributed by atoms with Gasteiger partial charge >= 0.3 is 0 Å². The molecule has 0 radical (unpaired) electrons. The van der Waals surface area contributed by atoms with Gasteiger partial charge in [-0.1, -0.05) is 6.07 Å². The number of benzene rings is 1. The molecular weight excluding hydrogens is 294 g/mol. The normalized spacial score (nSPS) is 15.3. The van der Waals surface area contributed by atoms with Gasteiger partial charge in [-0.3, -0.25) is 5.43 Å². The minimum atomic E-state index is -0.366. The van der Waals surface area contributed by atoms with E-state index in [-0.39, 0.29) is 18.0 Å². The van der Waals surface area contributed by atoms with Gasteiger partial charge in [-0.2, -0.15) is 5.10 Å². The van der Waals surface area contributed by atoms with Crippen molar-refractivity contribution in [3.63, 3.8) is 0 Å². The summed E-state index contributed by atoms with van der Waals surface area (Å²) < 4.78 is 21.7. The third kappa shape index (κ3) is 4.55. The molecule has 0 atom stereocenters. The molecule has 1 aliphatic rings. The molecule has 1 heterocycles. The predicted octanol–water partition coefficient (Wildman–Crippen LogP) is 0.614. The van der Waals surface area contributed by atoms with Crippen LogP contribution in [0.15, 0.2) is 23.3 Å². The van der Waals surface area contributed by atoms with Crippen LogP contribution >= 0.6 is 12.2 Å². The second-order valence-electron chi connectivity index (χ2n) is 4.10. The first-order valence-corrected chi connectivity index (χ1v) is 6.73. The molecule has 1 fully saturated rings. The highest BCUT2D eigenvalue weighted by molar-refractivity contribution is 7.80. The van der Waals surface area contributed by atoms with Crippen molar-refractivity contribution >= 4 is 23.5 Å². The van der Waals surface area contributed by atoms with E-state index in [0.29, 0.717) is 24.7 Å². The molecule has 114 valence electrons. The van der Waals surface area contributed by atoms with Crippen LogP contribution in [0.3, 0.4) is 0 Å². The van der Waals surface area contributed by atoms with Gasteiger partial charge in [0, 0.05) is 5.56 Å². The molecule has 2 rings (SSSR count). The van der Waals surface area contributed by atoms with Crippen molar-refractivity contribution in [3.8, 4) is 11.5 Å². The first-order chi connectivity index (χ1) is 10.2. The van der Waals surface area contributed by atoms with Crippen molar-refractivity contribution < 1.29 is 18.9 Å². The van der Waals surface area contributed by atoms with Crippen LogP contribution in [0, 0.1) is 0 Å². The summed E-state index contributed by atoms with van der Waals surface area (Å²) in [6.45, 7) is 1.42. The van der Waals surface area contributed by atoms with E-state index in [0.717, 1.165) is 5.56 Å². The summed E-state index contributed by atoms with van der Waals surface area (Å²) in [5, 5.41) is 4.01. The zero-order valence-electron chi connectivity index (χ0n) is 11.6. The highest BCUT2D eigenvalue weighted by Gasteiger charge is 2.18. The van der Waals surface area contributed by atoms with E-state index >= 15 is 0 Å². The van der Waals surface area contributed by atoms with Crippen molar-refractivity contribution in [1.29, 1.82) is 0 Å². The Morgan fingerprint density at radius 1 is 1.52 bits per heavy atom. The standard InChI is InChI=1S/C13H17N3O4S/c1-17-10-4-2-3-9(7-15-16-13(14)21)12(10)20-8-11-18-5-6-19-11/h2-4,7,11H,5-6,8H2,1H3,(H3,14,16,21). The number of nitrogens with two attached hydrogens (primary N) is 1. The van der Waals surface area contributed by atoms with E-state index in [1.165, 1.54) is 0 Å². The number of methoxy groups -OCH3 is 1. The summed E-state index contributed by atoms with van der Waals surface area (Å²) in [6.07, 6.45) is 1.18. The summed E-state index contributed by atoms with van der Waals surface area (Å²) >= 11 is 4.68. The molecule has 0 aliphatic carbocycles. The lowest BCUT2D eigenvalue weighted by Gasteiger charge is -2.15. The van der Waals surface area contributed by atoms with Crippen LogP contribution in [0.1, 0.15) is 5.56 Å². The van der Waals surface area contributed by atoms with Gasteiger partial charge in [0.05, 0.1) is 26.5 Å². The number of hydrogen-bond acceptors (Lipinski definition) is 6. The zero-order valence-corrected chi connectivity index (χ0v) is 12.4. The Balaban J connectivity index is 2.10. The van der Waals surface area contributed by atoms with E-state index in [4.69, 9.17) is 24.7 Å². The Morgan fingerprint density at radius 2 is 2.29 bits per heavy atom. The van der Waals surface area contributed by atoms with Crippen molar-refractivity contribution in [1.82, 2.24) is 5.43 Å². The molecule has 8 heteroatoms. The van der Waals surface area contributed by atoms with Gasteiger partial charge < -0.3 is 24.7 Å². The lowest BCUT2D eigenvalue weighted by molar-refractivity contribution is -0.0687. The molecule has 0 unspecified atom stereocenters. The number of nitrogens with zero attached hydrogens (tertiary/aromatic N) is 1. The molecule has 0 aromatic heterocycles. The van der Waals surface area contributed by atoms with E-state index in [2.05, 4.69) is 22.7 Å². The smallest absolute Gasteiger partial charge is 0.191 e. The van der Waals surface area contributed by atoms with Crippen molar-refractivity contribution in [2.45, 2.75) is 6.29 Å². The van der Waals surface area contributed by atoms with Crippen LogP contribution in [0.4, 0.5) is 0 Å². The SMILES string of the molecule is COc1cccc(C=NNC(N)=S)c1OCC1OCCO1. The van der Waals surface area contributed by atoms with Crippen LogP contribution in [-0.4, -0.2) is 44.5 Å². The van der Waals surface area contributed by atoms with Gasteiger partial charge in [-0.15, -0.1) is 0 Å². The molecule has 0 saturated carbocycles. The fourth-order valence-corrected chi connectivity index (χ4v) is 1.82. The van der Waals surface area contributed by atoms with Gasteiger partial charge in [-0.25, -0.2) is 0 Å². The first kappa shape index (κ1) is 15.5. The van der Waals surface area contributed by atoms with E-state index in [1.54, 1.807) is 19.4 Å². The maximum Gasteiger partial charge on any atom is 0.191 e. The Labute approximate surface area is 128 Å². The second-order valence-corrected chi connectivity index (χ2v) is 4.53. The van der Waals surface area contributed by atoms with Crippen LogP contribution in [0.2, 0.25) is 0 Å². The van der Waals surface area contributed by atoms with Gasteiger partial charge in [0.2, 0.25) is 0 Å². The molecule has 1 saturated heterocycles. The minimum Gasteiger partial charge on any atom is -0.493 e.